The lowest BCUT2D eigenvalue weighted by Gasteiger charge is -2.14. The molecule has 3 aromatic rings. The van der Waals surface area contributed by atoms with Crippen LogP contribution in [0.4, 0.5) is 5.69 Å². The number of hydrogen-bond donors (Lipinski definition) is 3. The number of nitrogens with one attached hydrogen (secondary N) is 2. The van der Waals surface area contributed by atoms with Crippen molar-refractivity contribution in [3.05, 3.63) is 70.9 Å². The van der Waals surface area contributed by atoms with Crippen molar-refractivity contribution in [3.8, 4) is 17.1 Å². The normalized spacial score (nSPS) is 11.7. The molecule has 0 spiro atoms. The fourth-order valence-electron chi connectivity index (χ4n) is 2.74. The van der Waals surface area contributed by atoms with Crippen LogP contribution in [0, 0.1) is 0 Å². The van der Waals surface area contributed by atoms with E-state index in [2.05, 4.69) is 24.5 Å². The van der Waals surface area contributed by atoms with Crippen molar-refractivity contribution in [1.82, 2.24) is 5.32 Å². The molecule has 0 aliphatic rings. The van der Waals surface area contributed by atoms with Gasteiger partial charge in [0.1, 0.15) is 11.5 Å². The summed E-state index contributed by atoms with van der Waals surface area (Å²) >= 11 is 11.1. The number of carbonyl (C=O) groups is 1. The van der Waals surface area contributed by atoms with Gasteiger partial charge in [-0.2, -0.15) is 0 Å². The largest absolute Gasteiger partial charge is 0.506 e. The summed E-state index contributed by atoms with van der Waals surface area (Å²) < 4.78 is 5.62. The Morgan fingerprint density at radius 3 is 2.59 bits per heavy atom. The first-order chi connectivity index (χ1) is 13.9. The number of halogens is 1. The molecule has 2 aromatic carbocycles. The first kappa shape index (κ1) is 20.9. The maximum absolute atomic E-state index is 12.4. The molecule has 7 heteroatoms. The molecule has 1 unspecified atom stereocenters. The second-order valence-electron chi connectivity index (χ2n) is 6.66. The maximum atomic E-state index is 12.4. The van der Waals surface area contributed by atoms with E-state index in [4.69, 9.17) is 28.2 Å². The third-order valence-electron chi connectivity index (χ3n) is 4.64. The predicted molar refractivity (Wildman–Crippen MR) is 120 cm³/mol. The second-order valence-corrected chi connectivity index (χ2v) is 7.51. The minimum Gasteiger partial charge on any atom is -0.506 e. The van der Waals surface area contributed by atoms with Gasteiger partial charge in [0, 0.05) is 10.6 Å². The summed E-state index contributed by atoms with van der Waals surface area (Å²) in [6.07, 6.45) is 0.972. The van der Waals surface area contributed by atoms with Gasteiger partial charge >= 0.3 is 0 Å². The van der Waals surface area contributed by atoms with Gasteiger partial charge in [0.05, 0.1) is 5.69 Å². The van der Waals surface area contributed by atoms with Gasteiger partial charge in [-0.25, -0.2) is 0 Å². The van der Waals surface area contributed by atoms with Crippen LogP contribution in [0.5, 0.6) is 5.75 Å². The van der Waals surface area contributed by atoms with Crippen molar-refractivity contribution in [2.75, 3.05) is 5.32 Å². The molecule has 0 aliphatic carbocycles. The third-order valence-corrected chi connectivity index (χ3v) is 5.09. The number of amides is 1. The number of thiocarbonyl (C=S) groups is 1. The minimum absolute atomic E-state index is 0.0525. The van der Waals surface area contributed by atoms with Crippen molar-refractivity contribution in [2.24, 2.45) is 0 Å². The van der Waals surface area contributed by atoms with Gasteiger partial charge in [0.15, 0.2) is 10.9 Å². The predicted octanol–water partition coefficient (Wildman–Crippen LogP) is 5.95. The molecule has 0 aliphatic heterocycles. The SMILES string of the molecule is CCC(C)c1ccc(O)c(NC(=S)NC(=O)c2ccc(-c3ccc(Cl)cc3)o2)c1. The number of hydrogen-bond acceptors (Lipinski definition) is 4. The molecule has 0 bridgehead atoms. The molecular formula is C22H21ClN2O3S. The maximum Gasteiger partial charge on any atom is 0.293 e. The number of phenols is 1. The van der Waals surface area contributed by atoms with Gasteiger partial charge < -0.3 is 14.8 Å². The van der Waals surface area contributed by atoms with Crippen molar-refractivity contribution in [2.45, 2.75) is 26.2 Å². The van der Waals surface area contributed by atoms with Crippen molar-refractivity contribution < 1.29 is 14.3 Å². The molecule has 1 heterocycles. The smallest absolute Gasteiger partial charge is 0.293 e. The van der Waals surface area contributed by atoms with Crippen molar-refractivity contribution >= 4 is 40.5 Å². The van der Waals surface area contributed by atoms with Crippen LogP contribution in [0.3, 0.4) is 0 Å². The highest BCUT2D eigenvalue weighted by Crippen LogP contribution is 2.29. The third kappa shape index (κ3) is 5.16. The van der Waals surface area contributed by atoms with E-state index in [1.54, 1.807) is 30.3 Å². The Balaban J connectivity index is 1.67. The van der Waals surface area contributed by atoms with Crippen LogP contribution in [0.25, 0.3) is 11.3 Å². The summed E-state index contributed by atoms with van der Waals surface area (Å²) in [7, 11) is 0. The summed E-state index contributed by atoms with van der Waals surface area (Å²) in [4.78, 5) is 12.4. The number of benzene rings is 2. The van der Waals surface area contributed by atoms with Crippen LogP contribution in [-0.2, 0) is 0 Å². The summed E-state index contributed by atoms with van der Waals surface area (Å²) in [6.45, 7) is 4.20. The molecule has 3 rings (SSSR count). The standard InChI is InChI=1S/C22H21ClN2O3S/c1-3-13(2)15-6-9-18(26)17(12-15)24-22(29)25-21(27)20-11-10-19(28-20)14-4-7-16(23)8-5-14/h4-13,26H,3H2,1-2H3,(H2,24,25,27,29). The molecule has 5 nitrogen and oxygen atoms in total. The molecule has 0 saturated heterocycles. The number of anilines is 1. The summed E-state index contributed by atoms with van der Waals surface area (Å²) in [5, 5.41) is 16.2. The van der Waals surface area contributed by atoms with Crippen LogP contribution < -0.4 is 10.6 Å². The number of aromatic hydroxyl groups is 1. The summed E-state index contributed by atoms with van der Waals surface area (Å²) in [5.41, 5.74) is 2.32. The highest BCUT2D eigenvalue weighted by atomic mass is 35.5. The topological polar surface area (TPSA) is 74.5 Å². The number of carbonyl (C=O) groups excluding carboxylic acids is 1. The zero-order valence-electron chi connectivity index (χ0n) is 16.0. The van der Waals surface area contributed by atoms with E-state index < -0.39 is 5.91 Å². The molecule has 1 aromatic heterocycles. The van der Waals surface area contributed by atoms with Gasteiger partial charge in [-0.3, -0.25) is 10.1 Å². The number of rotatable bonds is 5. The highest BCUT2D eigenvalue weighted by Gasteiger charge is 2.15. The van der Waals surface area contributed by atoms with E-state index in [1.807, 2.05) is 24.3 Å². The molecule has 29 heavy (non-hydrogen) atoms. The summed E-state index contributed by atoms with van der Waals surface area (Å²) in [5.74, 6) is 0.576. The molecule has 1 amide bonds. The molecule has 150 valence electrons. The van der Waals surface area contributed by atoms with Crippen molar-refractivity contribution in [3.63, 3.8) is 0 Å². The van der Waals surface area contributed by atoms with E-state index in [0.717, 1.165) is 17.5 Å². The lowest BCUT2D eigenvalue weighted by atomic mass is 9.98. The van der Waals surface area contributed by atoms with Crippen LogP contribution >= 0.6 is 23.8 Å². The van der Waals surface area contributed by atoms with Crippen LogP contribution in [0.1, 0.15) is 42.3 Å². The molecular weight excluding hydrogens is 408 g/mol. The van der Waals surface area contributed by atoms with Gasteiger partial charge in [-0.15, -0.1) is 0 Å². The average molecular weight is 429 g/mol. The average Bonchev–Trinajstić information content (AvgIpc) is 3.20. The Labute approximate surface area is 179 Å². The van der Waals surface area contributed by atoms with E-state index in [9.17, 15) is 9.90 Å². The van der Waals surface area contributed by atoms with E-state index in [1.165, 1.54) is 0 Å². The molecule has 3 N–H and O–H groups in total. The Kier molecular flexibility index (Phi) is 6.56. The molecule has 0 saturated carbocycles. The van der Waals surface area contributed by atoms with E-state index in [0.29, 0.717) is 22.4 Å². The van der Waals surface area contributed by atoms with Crippen molar-refractivity contribution in [1.29, 1.82) is 0 Å². The van der Waals surface area contributed by atoms with E-state index >= 15 is 0 Å². The lowest BCUT2D eigenvalue weighted by Crippen LogP contribution is -2.33. The number of furan rings is 1. The Morgan fingerprint density at radius 2 is 1.90 bits per heavy atom. The lowest BCUT2D eigenvalue weighted by molar-refractivity contribution is 0.0951. The Morgan fingerprint density at radius 1 is 1.17 bits per heavy atom. The second kappa shape index (κ2) is 9.11. The highest BCUT2D eigenvalue weighted by molar-refractivity contribution is 7.80. The zero-order valence-corrected chi connectivity index (χ0v) is 17.6. The monoisotopic (exact) mass is 428 g/mol. The quantitative estimate of drug-likeness (QED) is 0.346. The van der Waals surface area contributed by atoms with Gasteiger partial charge in [-0.05, 0) is 78.7 Å². The first-order valence-corrected chi connectivity index (χ1v) is 9.97. The molecule has 1 atom stereocenters. The van der Waals surface area contributed by atoms with Gasteiger partial charge in [0.25, 0.3) is 5.91 Å². The number of phenolic OH excluding ortho intramolecular Hbond substituents is 1. The van der Waals surface area contributed by atoms with Crippen LogP contribution in [0.2, 0.25) is 5.02 Å². The fraction of sp³-hybridized carbons (Fsp3) is 0.182. The molecule has 0 radical (unpaired) electrons. The Bertz CT molecular complexity index is 1030. The fourth-order valence-corrected chi connectivity index (χ4v) is 3.07. The molecule has 0 fully saturated rings. The zero-order chi connectivity index (χ0) is 21.0. The van der Waals surface area contributed by atoms with Gasteiger partial charge in [-0.1, -0.05) is 31.5 Å². The Hall–Kier alpha value is -2.83. The van der Waals surface area contributed by atoms with Gasteiger partial charge in [0.2, 0.25) is 0 Å². The summed E-state index contributed by atoms with van der Waals surface area (Å²) in [6, 6.07) is 15.7. The van der Waals surface area contributed by atoms with Crippen LogP contribution in [0.15, 0.2) is 59.0 Å². The first-order valence-electron chi connectivity index (χ1n) is 9.18. The minimum atomic E-state index is -0.486. The van der Waals surface area contributed by atoms with E-state index in [-0.39, 0.29) is 16.6 Å². The van der Waals surface area contributed by atoms with Crippen LogP contribution in [-0.4, -0.2) is 16.1 Å².